The molecule has 0 aliphatic carbocycles. The number of carbonyl (C=O) groups excluding carboxylic acids is 2. The summed E-state index contributed by atoms with van der Waals surface area (Å²) in [5.41, 5.74) is 0.541. The van der Waals surface area contributed by atoms with Crippen molar-refractivity contribution in [1.29, 1.82) is 0 Å². The van der Waals surface area contributed by atoms with E-state index in [0.717, 1.165) is 11.6 Å². The van der Waals surface area contributed by atoms with Crippen molar-refractivity contribution in [3.8, 4) is 0 Å². The number of amides is 1. The number of nitrogens with one attached hydrogen (secondary N) is 1. The van der Waals surface area contributed by atoms with Gasteiger partial charge in [0.05, 0.1) is 5.56 Å². The van der Waals surface area contributed by atoms with Crippen molar-refractivity contribution < 1.29 is 18.7 Å². The average molecular weight is 322 g/mol. The van der Waals surface area contributed by atoms with Gasteiger partial charge in [-0.3, -0.25) is 4.79 Å². The Morgan fingerprint density at radius 2 is 1.77 bits per heavy atom. The lowest BCUT2D eigenvalue weighted by Crippen LogP contribution is -2.28. The van der Waals surface area contributed by atoms with Gasteiger partial charge >= 0.3 is 5.97 Å². The molecule has 0 aromatic heterocycles. The molecule has 0 spiro atoms. The first-order chi connectivity index (χ1) is 10.6. The molecule has 0 saturated carbocycles. The molecule has 22 heavy (non-hydrogen) atoms. The molecule has 4 nitrogen and oxygen atoms in total. The molecule has 0 saturated heterocycles. The molecule has 0 radical (unpaired) electrons. The van der Waals surface area contributed by atoms with E-state index in [1.54, 1.807) is 24.3 Å². The van der Waals surface area contributed by atoms with Crippen molar-refractivity contribution in [2.45, 2.75) is 6.54 Å². The van der Waals surface area contributed by atoms with Gasteiger partial charge in [-0.25, -0.2) is 9.18 Å². The van der Waals surface area contributed by atoms with Gasteiger partial charge < -0.3 is 10.1 Å². The molecule has 114 valence electrons. The van der Waals surface area contributed by atoms with E-state index in [1.165, 1.54) is 18.2 Å². The molecule has 0 heterocycles. The fourth-order valence-electron chi connectivity index (χ4n) is 1.72. The molecule has 1 N–H and O–H groups in total. The lowest BCUT2D eigenvalue weighted by molar-refractivity contribution is -0.124. The Morgan fingerprint density at radius 1 is 1.09 bits per heavy atom. The molecule has 2 rings (SSSR count). The molecule has 0 bridgehead atoms. The maximum Gasteiger partial charge on any atom is 0.341 e. The third kappa shape index (κ3) is 4.30. The Morgan fingerprint density at radius 3 is 2.50 bits per heavy atom. The first-order valence-corrected chi connectivity index (χ1v) is 6.87. The van der Waals surface area contributed by atoms with Gasteiger partial charge in [-0.15, -0.1) is 0 Å². The van der Waals surface area contributed by atoms with Crippen LogP contribution in [-0.2, 0) is 16.1 Å². The number of esters is 1. The quantitative estimate of drug-likeness (QED) is 0.861. The Hall–Kier alpha value is -2.40. The number of ether oxygens (including phenoxy) is 1. The summed E-state index contributed by atoms with van der Waals surface area (Å²) in [5, 5.41) is 3.10. The smallest absolute Gasteiger partial charge is 0.341 e. The first kappa shape index (κ1) is 16.0. The molecule has 0 aliphatic heterocycles. The van der Waals surface area contributed by atoms with Crippen LogP contribution in [0, 0.1) is 5.82 Å². The van der Waals surface area contributed by atoms with Gasteiger partial charge in [0.1, 0.15) is 5.82 Å². The lowest BCUT2D eigenvalue weighted by Gasteiger charge is -2.08. The Balaban J connectivity index is 1.82. The third-order valence-corrected chi connectivity index (χ3v) is 3.23. The summed E-state index contributed by atoms with van der Waals surface area (Å²) in [4.78, 5) is 23.3. The van der Waals surface area contributed by atoms with E-state index in [-0.39, 0.29) is 12.1 Å². The minimum absolute atomic E-state index is 0.207. The predicted molar refractivity (Wildman–Crippen MR) is 80.0 cm³/mol. The van der Waals surface area contributed by atoms with Crippen LogP contribution in [0.4, 0.5) is 4.39 Å². The number of carbonyl (C=O) groups is 2. The SMILES string of the molecule is O=C(COC(=O)c1ccccc1F)NCc1ccccc1Cl. The van der Waals surface area contributed by atoms with Crippen LogP contribution in [-0.4, -0.2) is 18.5 Å². The summed E-state index contributed by atoms with van der Waals surface area (Å²) in [6.45, 7) is -0.270. The van der Waals surface area contributed by atoms with Crippen LogP contribution in [0.1, 0.15) is 15.9 Å². The second-order valence-electron chi connectivity index (χ2n) is 4.42. The molecule has 6 heteroatoms. The maximum atomic E-state index is 13.4. The summed E-state index contributed by atoms with van der Waals surface area (Å²) in [6, 6.07) is 12.5. The summed E-state index contributed by atoms with van der Waals surface area (Å²) < 4.78 is 18.1. The van der Waals surface area contributed by atoms with Gasteiger partial charge in [0.25, 0.3) is 5.91 Å². The van der Waals surface area contributed by atoms with E-state index >= 15 is 0 Å². The average Bonchev–Trinajstić information content (AvgIpc) is 2.52. The van der Waals surface area contributed by atoms with E-state index in [4.69, 9.17) is 16.3 Å². The van der Waals surface area contributed by atoms with Gasteiger partial charge in [0.15, 0.2) is 6.61 Å². The highest BCUT2D eigenvalue weighted by Crippen LogP contribution is 2.14. The Kier molecular flexibility index (Phi) is 5.49. The monoisotopic (exact) mass is 321 g/mol. The molecule has 1 amide bonds. The van der Waals surface area contributed by atoms with Crippen molar-refractivity contribution in [2.24, 2.45) is 0 Å². The summed E-state index contributed by atoms with van der Waals surface area (Å²) in [7, 11) is 0. The minimum Gasteiger partial charge on any atom is -0.452 e. The predicted octanol–water partition coefficient (Wildman–Crippen LogP) is 2.95. The van der Waals surface area contributed by atoms with Gasteiger partial charge in [0, 0.05) is 11.6 Å². The highest BCUT2D eigenvalue weighted by molar-refractivity contribution is 6.31. The molecular formula is C16H13ClFNO3. The van der Waals surface area contributed by atoms with Gasteiger partial charge in [-0.2, -0.15) is 0 Å². The highest BCUT2D eigenvalue weighted by Gasteiger charge is 2.14. The molecule has 0 unspecified atom stereocenters. The largest absolute Gasteiger partial charge is 0.452 e. The minimum atomic E-state index is -0.883. The number of hydrogen-bond donors (Lipinski definition) is 1. The van der Waals surface area contributed by atoms with Crippen molar-refractivity contribution in [2.75, 3.05) is 6.61 Å². The Labute approximate surface area is 131 Å². The van der Waals surface area contributed by atoms with Gasteiger partial charge in [-0.1, -0.05) is 41.9 Å². The van der Waals surface area contributed by atoms with E-state index in [9.17, 15) is 14.0 Å². The molecule has 2 aromatic carbocycles. The van der Waals surface area contributed by atoms with Crippen LogP contribution in [0.5, 0.6) is 0 Å². The lowest BCUT2D eigenvalue weighted by atomic mass is 10.2. The Bertz CT molecular complexity index is 691. The fraction of sp³-hybridized carbons (Fsp3) is 0.125. The van der Waals surface area contributed by atoms with Crippen molar-refractivity contribution >= 4 is 23.5 Å². The number of benzene rings is 2. The van der Waals surface area contributed by atoms with Crippen molar-refractivity contribution in [1.82, 2.24) is 5.32 Å². The summed E-state index contributed by atoms with van der Waals surface area (Å²) >= 11 is 5.95. The van der Waals surface area contributed by atoms with Gasteiger partial charge in [0.2, 0.25) is 0 Å². The van der Waals surface area contributed by atoms with Crippen molar-refractivity contribution in [3.63, 3.8) is 0 Å². The van der Waals surface area contributed by atoms with Crippen LogP contribution >= 0.6 is 11.6 Å². The van der Waals surface area contributed by atoms with Crippen LogP contribution in [0.25, 0.3) is 0 Å². The highest BCUT2D eigenvalue weighted by atomic mass is 35.5. The second-order valence-corrected chi connectivity index (χ2v) is 4.83. The third-order valence-electron chi connectivity index (χ3n) is 2.86. The zero-order valence-electron chi connectivity index (χ0n) is 11.5. The topological polar surface area (TPSA) is 55.4 Å². The maximum absolute atomic E-state index is 13.4. The van der Waals surface area contributed by atoms with Gasteiger partial charge in [-0.05, 0) is 23.8 Å². The number of hydrogen-bond acceptors (Lipinski definition) is 3. The fourth-order valence-corrected chi connectivity index (χ4v) is 1.92. The second kappa shape index (κ2) is 7.56. The standard InChI is InChI=1S/C16H13ClFNO3/c17-13-7-3-1-5-11(13)9-19-15(20)10-22-16(21)12-6-2-4-8-14(12)18/h1-8H,9-10H2,(H,19,20). The first-order valence-electron chi connectivity index (χ1n) is 6.49. The van der Waals surface area contributed by atoms with E-state index in [1.807, 2.05) is 0 Å². The van der Waals surface area contributed by atoms with Crippen LogP contribution in [0.15, 0.2) is 48.5 Å². The molecule has 0 atom stereocenters. The number of rotatable bonds is 5. The van der Waals surface area contributed by atoms with Crippen LogP contribution < -0.4 is 5.32 Å². The molecular weight excluding hydrogens is 309 g/mol. The molecule has 0 aliphatic rings. The van der Waals surface area contributed by atoms with Crippen molar-refractivity contribution in [3.05, 3.63) is 70.5 Å². The zero-order valence-corrected chi connectivity index (χ0v) is 12.3. The number of halogens is 2. The normalized spacial score (nSPS) is 10.1. The van der Waals surface area contributed by atoms with E-state index in [0.29, 0.717) is 5.02 Å². The summed E-state index contributed by atoms with van der Waals surface area (Å²) in [5.74, 6) is -2.07. The molecule has 2 aromatic rings. The molecule has 0 fully saturated rings. The van der Waals surface area contributed by atoms with Crippen LogP contribution in [0.2, 0.25) is 5.02 Å². The van der Waals surface area contributed by atoms with Crippen LogP contribution in [0.3, 0.4) is 0 Å². The van der Waals surface area contributed by atoms with E-state index < -0.39 is 24.3 Å². The van der Waals surface area contributed by atoms with E-state index in [2.05, 4.69) is 5.32 Å². The summed E-state index contributed by atoms with van der Waals surface area (Å²) in [6.07, 6.45) is 0. The zero-order chi connectivity index (χ0) is 15.9.